The molecule has 0 spiro atoms. The molecule has 1 aromatic carbocycles. The van der Waals surface area contributed by atoms with E-state index >= 15 is 0 Å². The van der Waals surface area contributed by atoms with Crippen molar-refractivity contribution in [2.24, 2.45) is 0 Å². The number of hydrogen-bond acceptors (Lipinski definition) is 2. The van der Waals surface area contributed by atoms with Gasteiger partial charge in [-0.25, -0.2) is 0 Å². The molecular weight excluding hydrogens is 226 g/mol. The van der Waals surface area contributed by atoms with Gasteiger partial charge in [-0.1, -0.05) is 30.7 Å². The van der Waals surface area contributed by atoms with E-state index in [4.69, 9.17) is 0 Å². The molecule has 0 aromatic heterocycles. The highest BCUT2D eigenvalue weighted by atomic mass is 32.2. The summed E-state index contributed by atoms with van der Waals surface area (Å²) in [7, 11) is 0. The van der Waals surface area contributed by atoms with Gasteiger partial charge in [0, 0.05) is 23.1 Å². The molecule has 0 aliphatic carbocycles. The fourth-order valence-corrected chi connectivity index (χ4v) is 3.76. The third-order valence-corrected chi connectivity index (χ3v) is 4.94. The molecule has 1 nitrogen and oxygen atoms in total. The number of hydrogen-bond donors (Lipinski definition) is 1. The summed E-state index contributed by atoms with van der Waals surface area (Å²) in [6, 6.07) is 7.89. The fourth-order valence-electron chi connectivity index (χ4n) is 2.60. The summed E-state index contributed by atoms with van der Waals surface area (Å²) in [4.78, 5) is 0. The second-order valence-electron chi connectivity index (χ2n) is 5.32. The maximum atomic E-state index is 3.77. The second kappa shape index (κ2) is 5.45. The lowest BCUT2D eigenvalue weighted by Crippen LogP contribution is -2.32. The molecule has 1 aliphatic rings. The Bertz CT molecular complexity index is 389. The van der Waals surface area contributed by atoms with Crippen LogP contribution in [0.4, 0.5) is 0 Å². The fraction of sp³-hybridized carbons (Fsp3) is 0.600. The van der Waals surface area contributed by atoms with Crippen LogP contribution in [0.5, 0.6) is 0 Å². The van der Waals surface area contributed by atoms with Gasteiger partial charge in [0.1, 0.15) is 0 Å². The molecule has 3 atom stereocenters. The maximum absolute atomic E-state index is 3.77. The minimum absolute atomic E-state index is 0.464. The van der Waals surface area contributed by atoms with Crippen molar-refractivity contribution in [2.45, 2.75) is 51.4 Å². The normalized spacial score (nSPS) is 26.1. The average Bonchev–Trinajstić information content (AvgIpc) is 2.67. The summed E-state index contributed by atoms with van der Waals surface area (Å²) >= 11 is 2.09. The zero-order valence-electron chi connectivity index (χ0n) is 11.3. The van der Waals surface area contributed by atoms with E-state index in [0.29, 0.717) is 12.1 Å². The summed E-state index contributed by atoms with van der Waals surface area (Å²) in [5, 5.41) is 4.59. The number of benzene rings is 1. The molecule has 1 N–H and O–H groups in total. The largest absolute Gasteiger partial charge is 0.307 e. The average molecular weight is 249 g/mol. The predicted molar refractivity (Wildman–Crippen MR) is 77.8 cm³/mol. The Hall–Kier alpha value is -0.470. The molecule has 1 aromatic rings. The molecule has 2 heteroatoms. The van der Waals surface area contributed by atoms with Crippen molar-refractivity contribution < 1.29 is 0 Å². The van der Waals surface area contributed by atoms with E-state index in [1.807, 2.05) is 0 Å². The van der Waals surface area contributed by atoms with Crippen LogP contribution in [0.3, 0.4) is 0 Å². The van der Waals surface area contributed by atoms with Crippen molar-refractivity contribution in [3.63, 3.8) is 0 Å². The molecule has 1 aliphatic heterocycles. The van der Waals surface area contributed by atoms with Crippen LogP contribution in [0.2, 0.25) is 0 Å². The third-order valence-electron chi connectivity index (χ3n) is 3.59. The molecule has 0 bridgehead atoms. The van der Waals surface area contributed by atoms with Crippen LogP contribution in [0.15, 0.2) is 18.2 Å². The predicted octanol–water partition coefficient (Wildman–Crippen LogP) is 3.85. The Morgan fingerprint density at radius 2 is 2.12 bits per heavy atom. The van der Waals surface area contributed by atoms with Gasteiger partial charge >= 0.3 is 0 Å². The van der Waals surface area contributed by atoms with Crippen molar-refractivity contribution >= 4 is 11.8 Å². The molecule has 1 heterocycles. The van der Waals surface area contributed by atoms with Crippen LogP contribution in [-0.2, 0) is 0 Å². The van der Waals surface area contributed by atoms with Gasteiger partial charge in [-0.3, -0.25) is 0 Å². The Labute approximate surface area is 109 Å². The number of aryl methyl sites for hydroxylation is 2. The highest BCUT2D eigenvalue weighted by Crippen LogP contribution is 2.28. The molecule has 0 amide bonds. The van der Waals surface area contributed by atoms with Gasteiger partial charge in [0.25, 0.3) is 0 Å². The monoisotopic (exact) mass is 249 g/mol. The third kappa shape index (κ3) is 3.26. The van der Waals surface area contributed by atoms with E-state index in [-0.39, 0.29) is 0 Å². The van der Waals surface area contributed by atoms with Crippen molar-refractivity contribution in [1.29, 1.82) is 0 Å². The standard InChI is InChI=1S/C15H23NS/c1-10-5-6-11(2)15(7-10)13(4)16-14-8-12(3)17-9-14/h5-7,12-14,16H,8-9H2,1-4H3. The Morgan fingerprint density at radius 1 is 1.35 bits per heavy atom. The van der Waals surface area contributed by atoms with Crippen molar-refractivity contribution in [1.82, 2.24) is 5.32 Å². The topological polar surface area (TPSA) is 12.0 Å². The van der Waals surface area contributed by atoms with Crippen LogP contribution >= 0.6 is 11.8 Å². The first kappa shape index (κ1) is 13.0. The molecule has 17 heavy (non-hydrogen) atoms. The summed E-state index contributed by atoms with van der Waals surface area (Å²) in [6.07, 6.45) is 1.31. The van der Waals surface area contributed by atoms with E-state index in [0.717, 1.165) is 5.25 Å². The zero-order valence-corrected chi connectivity index (χ0v) is 12.1. The minimum Gasteiger partial charge on any atom is -0.307 e. The Balaban J connectivity index is 2.04. The Morgan fingerprint density at radius 3 is 2.76 bits per heavy atom. The van der Waals surface area contributed by atoms with Crippen LogP contribution in [-0.4, -0.2) is 17.0 Å². The molecule has 0 saturated carbocycles. The highest BCUT2D eigenvalue weighted by Gasteiger charge is 2.23. The van der Waals surface area contributed by atoms with Gasteiger partial charge < -0.3 is 5.32 Å². The second-order valence-corrected chi connectivity index (χ2v) is 6.80. The van der Waals surface area contributed by atoms with Crippen molar-refractivity contribution in [3.05, 3.63) is 34.9 Å². The van der Waals surface area contributed by atoms with Crippen LogP contribution in [0.25, 0.3) is 0 Å². The van der Waals surface area contributed by atoms with Gasteiger partial charge in [0.05, 0.1) is 0 Å². The van der Waals surface area contributed by atoms with Gasteiger partial charge in [-0.05, 0) is 38.3 Å². The molecule has 94 valence electrons. The number of nitrogens with one attached hydrogen (secondary N) is 1. The summed E-state index contributed by atoms with van der Waals surface area (Å²) in [5.41, 5.74) is 4.21. The Kier molecular flexibility index (Phi) is 4.16. The highest BCUT2D eigenvalue weighted by molar-refractivity contribution is 8.00. The lowest BCUT2D eigenvalue weighted by atomic mass is 9.99. The summed E-state index contributed by atoms with van der Waals surface area (Å²) < 4.78 is 0. The smallest absolute Gasteiger partial charge is 0.0297 e. The van der Waals surface area contributed by atoms with E-state index < -0.39 is 0 Å². The first-order valence-electron chi connectivity index (χ1n) is 6.51. The first-order valence-corrected chi connectivity index (χ1v) is 7.56. The number of thioether (sulfide) groups is 1. The van der Waals surface area contributed by atoms with E-state index in [2.05, 4.69) is 63.0 Å². The number of rotatable bonds is 3. The van der Waals surface area contributed by atoms with E-state index in [1.165, 1.54) is 28.9 Å². The SMILES string of the molecule is Cc1ccc(C)c(C(C)NC2CSC(C)C2)c1. The van der Waals surface area contributed by atoms with Gasteiger partial charge in [0.15, 0.2) is 0 Å². The van der Waals surface area contributed by atoms with Gasteiger partial charge in [0.2, 0.25) is 0 Å². The van der Waals surface area contributed by atoms with E-state index in [9.17, 15) is 0 Å². The molecule has 0 radical (unpaired) electrons. The molecule has 2 rings (SSSR count). The van der Waals surface area contributed by atoms with Crippen LogP contribution in [0.1, 0.15) is 43.0 Å². The minimum atomic E-state index is 0.464. The van der Waals surface area contributed by atoms with Crippen molar-refractivity contribution in [3.8, 4) is 0 Å². The van der Waals surface area contributed by atoms with Crippen molar-refractivity contribution in [2.75, 3.05) is 5.75 Å². The molecule has 3 unspecified atom stereocenters. The lowest BCUT2D eigenvalue weighted by molar-refractivity contribution is 0.473. The van der Waals surface area contributed by atoms with E-state index in [1.54, 1.807) is 0 Å². The maximum Gasteiger partial charge on any atom is 0.0297 e. The van der Waals surface area contributed by atoms with Crippen LogP contribution in [0, 0.1) is 13.8 Å². The van der Waals surface area contributed by atoms with Gasteiger partial charge in [-0.15, -0.1) is 0 Å². The molecular formula is C15H23NS. The molecule has 1 fully saturated rings. The van der Waals surface area contributed by atoms with Crippen LogP contribution < -0.4 is 5.32 Å². The summed E-state index contributed by atoms with van der Waals surface area (Å²) in [6.45, 7) is 8.99. The summed E-state index contributed by atoms with van der Waals surface area (Å²) in [5.74, 6) is 1.26. The first-order chi connectivity index (χ1) is 8.06. The zero-order chi connectivity index (χ0) is 12.4. The molecule has 1 saturated heterocycles. The quantitative estimate of drug-likeness (QED) is 0.873. The van der Waals surface area contributed by atoms with Gasteiger partial charge in [-0.2, -0.15) is 11.8 Å². The lowest BCUT2D eigenvalue weighted by Gasteiger charge is -2.21.